The van der Waals surface area contributed by atoms with E-state index in [1.165, 1.54) is 6.42 Å². The molecule has 2 aliphatic rings. The van der Waals surface area contributed by atoms with E-state index in [-0.39, 0.29) is 0 Å². The molecule has 0 aromatic carbocycles. The van der Waals surface area contributed by atoms with E-state index in [9.17, 15) is 9.59 Å². The van der Waals surface area contributed by atoms with Crippen LogP contribution >= 0.6 is 0 Å². The fourth-order valence-electron chi connectivity index (χ4n) is 2.85. The zero-order valence-electron chi connectivity index (χ0n) is 11.7. The molecule has 0 aliphatic heterocycles. The van der Waals surface area contributed by atoms with Gasteiger partial charge in [-0.2, -0.15) is 0 Å². The van der Waals surface area contributed by atoms with Crippen molar-refractivity contribution in [1.82, 2.24) is 0 Å². The van der Waals surface area contributed by atoms with Crippen molar-refractivity contribution in [3.05, 3.63) is 0 Å². The maximum Gasteiger partial charge on any atom is 0.133 e. The molecule has 0 aromatic heterocycles. The fraction of sp³-hybridized carbons (Fsp3) is 0.867. The van der Waals surface area contributed by atoms with Gasteiger partial charge in [-0.3, -0.25) is 9.59 Å². The highest BCUT2D eigenvalue weighted by Crippen LogP contribution is 2.30. The lowest BCUT2D eigenvalue weighted by atomic mass is 9.96. The van der Waals surface area contributed by atoms with Crippen molar-refractivity contribution >= 4 is 11.6 Å². The molecule has 2 nitrogen and oxygen atoms in total. The largest absolute Gasteiger partial charge is 0.300 e. The smallest absolute Gasteiger partial charge is 0.133 e. The van der Waals surface area contributed by atoms with Crippen LogP contribution in [0.25, 0.3) is 0 Å². The Kier molecular flexibility index (Phi) is 5.35. The normalized spacial score (nSPS) is 36.9. The van der Waals surface area contributed by atoms with Gasteiger partial charge in [0.15, 0.2) is 0 Å². The lowest BCUT2D eigenvalue weighted by molar-refractivity contribution is -0.118. The fourth-order valence-corrected chi connectivity index (χ4v) is 2.85. The highest BCUT2D eigenvalue weighted by atomic mass is 16.1. The van der Waals surface area contributed by atoms with Crippen LogP contribution in [0, 0.1) is 23.7 Å². The second kappa shape index (κ2) is 6.32. The van der Waals surface area contributed by atoms with Crippen molar-refractivity contribution in [3.8, 4) is 0 Å². The molecule has 0 radical (unpaired) electrons. The number of ketones is 2. The predicted molar refractivity (Wildman–Crippen MR) is 69.8 cm³/mol. The Hall–Kier alpha value is -0.660. The van der Waals surface area contributed by atoms with Gasteiger partial charge in [-0.05, 0) is 23.7 Å². The number of rotatable bonds is 1. The van der Waals surface area contributed by atoms with Crippen molar-refractivity contribution in [2.75, 3.05) is 0 Å². The molecule has 2 rings (SSSR count). The monoisotopic (exact) mass is 238 g/mol. The molecule has 0 bridgehead atoms. The molecule has 0 saturated heterocycles. The molecule has 0 amide bonds. The van der Waals surface area contributed by atoms with E-state index in [0.717, 1.165) is 25.7 Å². The summed E-state index contributed by atoms with van der Waals surface area (Å²) in [6, 6.07) is 0. The number of carbonyl (C=O) groups is 2. The first-order valence-corrected chi connectivity index (χ1v) is 6.97. The third kappa shape index (κ3) is 4.25. The highest BCUT2D eigenvalue weighted by molar-refractivity contribution is 5.81. The van der Waals surface area contributed by atoms with E-state index < -0.39 is 0 Å². The summed E-state index contributed by atoms with van der Waals surface area (Å²) in [5.41, 5.74) is 0. The number of Topliss-reactive ketones (excluding diaryl/α,β-unsaturated/α-hetero) is 2. The summed E-state index contributed by atoms with van der Waals surface area (Å²) >= 11 is 0. The summed E-state index contributed by atoms with van der Waals surface area (Å²) in [7, 11) is 0. The molecule has 2 aliphatic carbocycles. The molecule has 0 N–H and O–H groups in total. The average Bonchev–Trinajstić information content (AvgIpc) is 2.70. The van der Waals surface area contributed by atoms with Crippen LogP contribution in [0.3, 0.4) is 0 Å². The van der Waals surface area contributed by atoms with E-state index in [0.29, 0.717) is 35.2 Å². The van der Waals surface area contributed by atoms with Gasteiger partial charge in [0, 0.05) is 25.7 Å². The SMILES string of the molecule is CC[C@H]1CC(=O)C[C@@H]1C.C[C@@H]1CC(=O)C[C@H]1C. The van der Waals surface area contributed by atoms with Crippen molar-refractivity contribution < 1.29 is 9.59 Å². The molecule has 0 spiro atoms. The van der Waals surface area contributed by atoms with E-state index in [4.69, 9.17) is 0 Å². The molecule has 17 heavy (non-hydrogen) atoms. The van der Waals surface area contributed by atoms with Gasteiger partial charge in [0.1, 0.15) is 11.6 Å². The summed E-state index contributed by atoms with van der Waals surface area (Å²) in [5, 5.41) is 0. The Morgan fingerprint density at radius 2 is 1.24 bits per heavy atom. The summed E-state index contributed by atoms with van der Waals surface area (Å²) < 4.78 is 0. The Labute approximate surface area is 105 Å². The van der Waals surface area contributed by atoms with Crippen molar-refractivity contribution in [2.24, 2.45) is 23.7 Å². The Bertz CT molecular complexity index is 271. The number of hydrogen-bond donors (Lipinski definition) is 0. The van der Waals surface area contributed by atoms with Gasteiger partial charge in [-0.15, -0.1) is 0 Å². The first kappa shape index (κ1) is 14.4. The van der Waals surface area contributed by atoms with Crippen molar-refractivity contribution in [3.63, 3.8) is 0 Å². The zero-order valence-corrected chi connectivity index (χ0v) is 11.7. The summed E-state index contributed by atoms with van der Waals surface area (Å²) in [5.74, 6) is 3.55. The van der Waals surface area contributed by atoms with Crippen LogP contribution < -0.4 is 0 Å². The van der Waals surface area contributed by atoms with Crippen LogP contribution in [-0.2, 0) is 9.59 Å². The average molecular weight is 238 g/mol. The van der Waals surface area contributed by atoms with Crippen LogP contribution in [0.5, 0.6) is 0 Å². The zero-order chi connectivity index (χ0) is 13.0. The summed E-state index contributed by atoms with van der Waals surface area (Å²) in [6.07, 6.45) is 4.49. The molecule has 2 fully saturated rings. The number of hydrogen-bond acceptors (Lipinski definition) is 2. The van der Waals surface area contributed by atoms with Gasteiger partial charge in [0.2, 0.25) is 0 Å². The molecule has 0 unspecified atom stereocenters. The van der Waals surface area contributed by atoms with Crippen LogP contribution in [0.4, 0.5) is 0 Å². The van der Waals surface area contributed by atoms with E-state index in [2.05, 4.69) is 27.7 Å². The molecule has 4 atom stereocenters. The third-order valence-electron chi connectivity index (χ3n) is 4.44. The maximum absolute atomic E-state index is 10.8. The van der Waals surface area contributed by atoms with Crippen LogP contribution in [0.15, 0.2) is 0 Å². The third-order valence-corrected chi connectivity index (χ3v) is 4.44. The summed E-state index contributed by atoms with van der Waals surface area (Å²) in [6.45, 7) is 8.64. The van der Waals surface area contributed by atoms with E-state index >= 15 is 0 Å². The second-order valence-corrected chi connectivity index (χ2v) is 5.99. The Morgan fingerprint density at radius 1 is 0.824 bits per heavy atom. The standard InChI is InChI=1S/C8H14O.C7H12O/c1-3-7-5-8(9)4-6(7)2;1-5-3-7(8)4-6(5)2/h6-7H,3-5H2,1-2H3;5-6H,3-4H2,1-2H3/t6-,7-;5-,6-/m01/s1. The lowest BCUT2D eigenvalue weighted by Crippen LogP contribution is -2.00. The maximum atomic E-state index is 10.8. The first-order chi connectivity index (χ1) is 7.93. The molecule has 98 valence electrons. The Balaban J connectivity index is 0.000000171. The van der Waals surface area contributed by atoms with Crippen molar-refractivity contribution in [2.45, 2.75) is 59.8 Å². The minimum absolute atomic E-state index is 0.449. The van der Waals surface area contributed by atoms with Crippen LogP contribution in [-0.4, -0.2) is 11.6 Å². The Morgan fingerprint density at radius 3 is 1.41 bits per heavy atom. The highest BCUT2D eigenvalue weighted by Gasteiger charge is 2.27. The van der Waals surface area contributed by atoms with Gasteiger partial charge < -0.3 is 0 Å². The van der Waals surface area contributed by atoms with Gasteiger partial charge in [0.25, 0.3) is 0 Å². The quantitative estimate of drug-likeness (QED) is 0.699. The topological polar surface area (TPSA) is 34.1 Å². The van der Waals surface area contributed by atoms with Gasteiger partial charge >= 0.3 is 0 Å². The number of carbonyl (C=O) groups excluding carboxylic acids is 2. The van der Waals surface area contributed by atoms with Crippen LogP contribution in [0.1, 0.15) is 59.8 Å². The molecular weight excluding hydrogens is 212 g/mol. The first-order valence-electron chi connectivity index (χ1n) is 6.97. The minimum Gasteiger partial charge on any atom is -0.300 e. The lowest BCUT2D eigenvalue weighted by Gasteiger charge is -2.08. The van der Waals surface area contributed by atoms with Crippen molar-refractivity contribution in [1.29, 1.82) is 0 Å². The van der Waals surface area contributed by atoms with E-state index in [1.54, 1.807) is 0 Å². The second-order valence-electron chi connectivity index (χ2n) is 5.99. The molecule has 0 aromatic rings. The molecule has 0 heterocycles. The molecule has 2 heteroatoms. The molecular formula is C15H26O2. The van der Waals surface area contributed by atoms with Crippen LogP contribution in [0.2, 0.25) is 0 Å². The predicted octanol–water partition coefficient (Wildman–Crippen LogP) is 3.63. The van der Waals surface area contributed by atoms with Gasteiger partial charge in [0.05, 0.1) is 0 Å². The van der Waals surface area contributed by atoms with Gasteiger partial charge in [-0.1, -0.05) is 34.1 Å². The minimum atomic E-state index is 0.449. The van der Waals surface area contributed by atoms with E-state index in [1.807, 2.05) is 0 Å². The van der Waals surface area contributed by atoms with Gasteiger partial charge in [-0.25, -0.2) is 0 Å². The summed E-state index contributed by atoms with van der Waals surface area (Å²) in [4.78, 5) is 21.5. The molecule has 2 saturated carbocycles.